The molecule has 0 saturated carbocycles. The minimum atomic E-state index is -0.316. The molecule has 0 aliphatic carbocycles. The van der Waals surface area contributed by atoms with Crippen LogP contribution in [0.1, 0.15) is 5.69 Å². The summed E-state index contributed by atoms with van der Waals surface area (Å²) in [6, 6.07) is 31.0. The zero-order chi connectivity index (χ0) is 22.5. The number of hydrazone groups is 1. The summed E-state index contributed by atoms with van der Waals surface area (Å²) in [7, 11) is 0. The molecule has 0 amide bonds. The first-order valence-corrected chi connectivity index (χ1v) is 10.3. The molecule has 160 valence electrons. The molecule has 7 nitrogen and oxygen atoms in total. The fourth-order valence-electron chi connectivity index (χ4n) is 3.27. The molecule has 2 N–H and O–H groups in total. The van der Waals surface area contributed by atoms with Crippen molar-refractivity contribution in [3.05, 3.63) is 103 Å². The highest BCUT2D eigenvalue weighted by atomic mass is 16.5. The molecular weight excluding hydrogens is 414 g/mol. The minimum Gasteiger partial charge on any atom is -0.479 e. The summed E-state index contributed by atoms with van der Waals surface area (Å²) in [6.07, 6.45) is 1.37. The van der Waals surface area contributed by atoms with Crippen LogP contribution in [0.15, 0.2) is 107 Å². The van der Waals surface area contributed by atoms with Crippen LogP contribution in [-0.2, 0) is 0 Å². The average Bonchev–Trinajstić information content (AvgIpc) is 3.26. The molecule has 5 rings (SSSR count). The average molecular weight is 433 g/mol. The van der Waals surface area contributed by atoms with Crippen molar-refractivity contribution in [1.29, 1.82) is 0 Å². The Morgan fingerprint density at radius 2 is 1.21 bits per heavy atom. The van der Waals surface area contributed by atoms with Crippen molar-refractivity contribution in [2.24, 2.45) is 5.10 Å². The van der Waals surface area contributed by atoms with Crippen LogP contribution in [-0.4, -0.2) is 26.3 Å². The SMILES string of the molecule is Oc1oc(-c2ccccc2)nc1C=NNc1nc(-c2ccccc2)cc(-c2ccccc2)n1. The van der Waals surface area contributed by atoms with Gasteiger partial charge in [0.05, 0.1) is 17.6 Å². The highest BCUT2D eigenvalue weighted by Gasteiger charge is 2.12. The number of benzene rings is 3. The first-order valence-electron chi connectivity index (χ1n) is 10.3. The molecule has 0 aliphatic heterocycles. The Bertz CT molecular complexity index is 1330. The van der Waals surface area contributed by atoms with Gasteiger partial charge in [-0.2, -0.15) is 5.10 Å². The maximum atomic E-state index is 10.1. The molecule has 0 bridgehead atoms. The Kier molecular flexibility index (Phi) is 5.59. The third-order valence-electron chi connectivity index (χ3n) is 4.87. The molecule has 2 aromatic heterocycles. The van der Waals surface area contributed by atoms with Crippen LogP contribution in [0.25, 0.3) is 34.0 Å². The lowest BCUT2D eigenvalue weighted by atomic mass is 10.1. The highest BCUT2D eigenvalue weighted by molar-refractivity contribution is 5.81. The monoisotopic (exact) mass is 433 g/mol. The molecule has 0 atom stereocenters. The molecule has 0 saturated heterocycles. The van der Waals surface area contributed by atoms with Crippen LogP contribution in [0.5, 0.6) is 5.95 Å². The highest BCUT2D eigenvalue weighted by Crippen LogP contribution is 2.26. The first-order chi connectivity index (χ1) is 16.3. The van der Waals surface area contributed by atoms with Gasteiger partial charge in [0.15, 0.2) is 5.69 Å². The molecule has 7 heteroatoms. The van der Waals surface area contributed by atoms with E-state index in [1.165, 1.54) is 6.21 Å². The summed E-state index contributed by atoms with van der Waals surface area (Å²) in [4.78, 5) is 13.5. The van der Waals surface area contributed by atoms with Gasteiger partial charge < -0.3 is 9.52 Å². The van der Waals surface area contributed by atoms with Crippen LogP contribution in [0, 0.1) is 0 Å². The van der Waals surface area contributed by atoms with E-state index in [1.54, 1.807) is 0 Å². The standard InChI is InChI=1S/C26H19N5O2/c32-25-23(28-24(33-25)20-14-8-3-9-15-20)17-27-31-26-29-21(18-10-4-1-5-11-18)16-22(30-26)19-12-6-2-7-13-19/h1-17,32H,(H,29,30,31). The van der Waals surface area contributed by atoms with Crippen molar-refractivity contribution >= 4 is 12.2 Å². The Morgan fingerprint density at radius 3 is 1.76 bits per heavy atom. The van der Waals surface area contributed by atoms with Crippen LogP contribution < -0.4 is 5.43 Å². The van der Waals surface area contributed by atoms with Crippen LogP contribution >= 0.6 is 0 Å². The quantitative estimate of drug-likeness (QED) is 0.267. The Hall–Kier alpha value is -4.78. The number of anilines is 1. The predicted octanol–water partition coefficient (Wildman–Crippen LogP) is 5.62. The first kappa shape index (κ1) is 20.1. The van der Waals surface area contributed by atoms with Gasteiger partial charge in [-0.15, -0.1) is 0 Å². The van der Waals surface area contributed by atoms with E-state index in [0.29, 0.717) is 11.8 Å². The number of nitrogens with zero attached hydrogens (tertiary/aromatic N) is 4. The largest absolute Gasteiger partial charge is 0.479 e. The fourth-order valence-corrected chi connectivity index (χ4v) is 3.27. The van der Waals surface area contributed by atoms with Gasteiger partial charge in [0.2, 0.25) is 11.8 Å². The number of oxazole rings is 1. The van der Waals surface area contributed by atoms with Gasteiger partial charge in [-0.25, -0.2) is 20.4 Å². The fraction of sp³-hybridized carbons (Fsp3) is 0. The van der Waals surface area contributed by atoms with Gasteiger partial charge in [-0.05, 0) is 18.2 Å². The lowest BCUT2D eigenvalue weighted by Gasteiger charge is -2.08. The van der Waals surface area contributed by atoms with E-state index in [-0.39, 0.29) is 11.6 Å². The van der Waals surface area contributed by atoms with Gasteiger partial charge in [0, 0.05) is 16.7 Å². The third kappa shape index (κ3) is 4.62. The zero-order valence-electron chi connectivity index (χ0n) is 17.5. The van der Waals surface area contributed by atoms with E-state index >= 15 is 0 Å². The molecule has 0 fully saturated rings. The summed E-state index contributed by atoms with van der Waals surface area (Å²) in [5, 5.41) is 14.3. The second-order valence-corrected chi connectivity index (χ2v) is 7.14. The van der Waals surface area contributed by atoms with Gasteiger partial charge in [-0.3, -0.25) is 0 Å². The smallest absolute Gasteiger partial charge is 0.312 e. The van der Waals surface area contributed by atoms with Gasteiger partial charge >= 0.3 is 5.95 Å². The Labute approximate surface area is 190 Å². The summed E-state index contributed by atoms with van der Waals surface area (Å²) in [5.74, 6) is 0.310. The molecular formula is C26H19N5O2. The predicted molar refractivity (Wildman–Crippen MR) is 128 cm³/mol. The van der Waals surface area contributed by atoms with Crippen molar-refractivity contribution in [3.8, 4) is 39.9 Å². The molecule has 0 unspecified atom stereocenters. The molecule has 2 heterocycles. The van der Waals surface area contributed by atoms with E-state index in [2.05, 4.69) is 25.5 Å². The topological polar surface area (TPSA) is 96.4 Å². The lowest BCUT2D eigenvalue weighted by molar-refractivity contribution is 0.337. The number of hydrogen-bond acceptors (Lipinski definition) is 7. The van der Waals surface area contributed by atoms with Crippen molar-refractivity contribution in [3.63, 3.8) is 0 Å². The van der Waals surface area contributed by atoms with Crippen molar-refractivity contribution in [1.82, 2.24) is 15.0 Å². The zero-order valence-corrected chi connectivity index (χ0v) is 17.5. The number of nitrogens with one attached hydrogen (secondary N) is 1. The van der Waals surface area contributed by atoms with Crippen molar-refractivity contribution < 1.29 is 9.52 Å². The van der Waals surface area contributed by atoms with Crippen LogP contribution in [0.4, 0.5) is 5.95 Å². The summed E-state index contributed by atoms with van der Waals surface area (Å²) >= 11 is 0. The van der Waals surface area contributed by atoms with E-state index in [0.717, 1.165) is 28.1 Å². The Balaban J connectivity index is 1.44. The molecule has 3 aromatic carbocycles. The van der Waals surface area contributed by atoms with E-state index in [4.69, 9.17) is 4.42 Å². The van der Waals surface area contributed by atoms with Gasteiger partial charge in [0.1, 0.15) is 0 Å². The van der Waals surface area contributed by atoms with Crippen molar-refractivity contribution in [2.45, 2.75) is 0 Å². The molecule has 0 radical (unpaired) electrons. The van der Waals surface area contributed by atoms with E-state index in [9.17, 15) is 5.11 Å². The number of aromatic nitrogens is 3. The van der Waals surface area contributed by atoms with Crippen molar-refractivity contribution in [2.75, 3.05) is 5.43 Å². The Morgan fingerprint density at radius 1 is 0.697 bits per heavy atom. The van der Waals surface area contributed by atoms with E-state index < -0.39 is 0 Å². The molecule has 5 aromatic rings. The number of rotatable bonds is 6. The molecule has 33 heavy (non-hydrogen) atoms. The van der Waals surface area contributed by atoms with Crippen LogP contribution in [0.2, 0.25) is 0 Å². The normalized spacial score (nSPS) is 11.0. The van der Waals surface area contributed by atoms with Gasteiger partial charge in [0.25, 0.3) is 0 Å². The third-order valence-corrected chi connectivity index (χ3v) is 4.87. The summed E-state index contributed by atoms with van der Waals surface area (Å²) < 4.78 is 5.35. The minimum absolute atomic E-state index is 0.198. The van der Waals surface area contributed by atoms with E-state index in [1.807, 2.05) is 97.1 Å². The molecule has 0 aliphatic rings. The summed E-state index contributed by atoms with van der Waals surface area (Å²) in [6.45, 7) is 0. The lowest BCUT2D eigenvalue weighted by Crippen LogP contribution is -2.00. The second-order valence-electron chi connectivity index (χ2n) is 7.14. The number of hydrogen-bond donors (Lipinski definition) is 2. The van der Waals surface area contributed by atoms with Gasteiger partial charge in [-0.1, -0.05) is 78.9 Å². The second kappa shape index (κ2) is 9.15. The number of aromatic hydroxyl groups is 1. The summed E-state index contributed by atoms with van der Waals surface area (Å²) in [5.41, 5.74) is 7.25. The molecule has 0 spiro atoms. The van der Waals surface area contributed by atoms with Crippen LogP contribution in [0.3, 0.4) is 0 Å². The maximum absolute atomic E-state index is 10.1. The maximum Gasteiger partial charge on any atom is 0.312 e.